The average molecular weight is 406 g/mol. The molecule has 2 nitrogen and oxygen atoms in total. The van der Waals surface area contributed by atoms with Crippen molar-refractivity contribution < 1.29 is 4.74 Å². The van der Waals surface area contributed by atoms with Crippen molar-refractivity contribution >= 4 is 43.5 Å². The third-order valence-corrected chi connectivity index (χ3v) is 4.09. The van der Waals surface area contributed by atoms with Crippen molar-refractivity contribution in [1.82, 2.24) is 0 Å². The van der Waals surface area contributed by atoms with Crippen LogP contribution in [-0.4, -0.2) is 6.54 Å². The van der Waals surface area contributed by atoms with Gasteiger partial charge in [-0.15, -0.1) is 0 Å². The average Bonchev–Trinajstić information content (AvgIpc) is 2.36. The molecular formula is C14H12Br2ClNO. The van der Waals surface area contributed by atoms with E-state index in [1.54, 1.807) is 6.07 Å². The van der Waals surface area contributed by atoms with Crippen molar-refractivity contribution in [2.75, 3.05) is 6.54 Å². The van der Waals surface area contributed by atoms with Gasteiger partial charge in [-0.3, -0.25) is 0 Å². The molecule has 0 aliphatic carbocycles. The van der Waals surface area contributed by atoms with Gasteiger partial charge in [-0.1, -0.05) is 49.5 Å². The number of rotatable bonds is 4. The van der Waals surface area contributed by atoms with Gasteiger partial charge in [-0.25, -0.2) is 0 Å². The van der Waals surface area contributed by atoms with Crippen LogP contribution < -0.4 is 10.5 Å². The Balaban J connectivity index is 2.21. The molecule has 0 aromatic heterocycles. The molecule has 0 saturated heterocycles. The minimum absolute atomic E-state index is 0.566. The number of benzene rings is 2. The lowest BCUT2D eigenvalue weighted by Crippen LogP contribution is -2.03. The fraction of sp³-hybridized carbons (Fsp3) is 0.143. The van der Waals surface area contributed by atoms with E-state index in [0.717, 1.165) is 26.7 Å². The molecule has 0 amide bonds. The van der Waals surface area contributed by atoms with Crippen LogP contribution in [0.5, 0.6) is 11.5 Å². The molecule has 0 unspecified atom stereocenters. The molecule has 0 bridgehead atoms. The molecule has 0 atom stereocenters. The minimum atomic E-state index is 0.566. The monoisotopic (exact) mass is 403 g/mol. The van der Waals surface area contributed by atoms with E-state index >= 15 is 0 Å². The van der Waals surface area contributed by atoms with E-state index in [0.29, 0.717) is 17.3 Å². The molecule has 0 heterocycles. The summed E-state index contributed by atoms with van der Waals surface area (Å²) in [5.41, 5.74) is 6.71. The van der Waals surface area contributed by atoms with E-state index in [1.165, 1.54) is 0 Å². The van der Waals surface area contributed by atoms with Gasteiger partial charge in [0.1, 0.15) is 11.5 Å². The Labute approximate surface area is 134 Å². The van der Waals surface area contributed by atoms with Gasteiger partial charge < -0.3 is 10.5 Å². The molecule has 19 heavy (non-hydrogen) atoms. The van der Waals surface area contributed by atoms with Gasteiger partial charge in [0.2, 0.25) is 0 Å². The number of ether oxygens (including phenoxy) is 1. The van der Waals surface area contributed by atoms with Crippen molar-refractivity contribution in [2.24, 2.45) is 5.73 Å². The third kappa shape index (κ3) is 3.96. The highest BCUT2D eigenvalue weighted by Crippen LogP contribution is 2.33. The van der Waals surface area contributed by atoms with Crippen LogP contribution >= 0.6 is 43.5 Å². The van der Waals surface area contributed by atoms with Gasteiger partial charge in [0.05, 0.1) is 5.02 Å². The first-order valence-electron chi connectivity index (χ1n) is 5.71. The Kier molecular flexibility index (Phi) is 5.28. The van der Waals surface area contributed by atoms with Gasteiger partial charge in [0.25, 0.3) is 0 Å². The van der Waals surface area contributed by atoms with Crippen molar-refractivity contribution in [2.45, 2.75) is 6.42 Å². The van der Waals surface area contributed by atoms with Crippen molar-refractivity contribution in [3.05, 3.63) is 55.9 Å². The molecule has 0 radical (unpaired) electrons. The summed E-state index contributed by atoms with van der Waals surface area (Å²) in [6.45, 7) is 0.622. The molecule has 2 aromatic carbocycles. The first kappa shape index (κ1) is 14.9. The van der Waals surface area contributed by atoms with Gasteiger partial charge >= 0.3 is 0 Å². The van der Waals surface area contributed by atoms with Crippen molar-refractivity contribution in [3.63, 3.8) is 0 Å². The van der Waals surface area contributed by atoms with Crippen LogP contribution in [0.3, 0.4) is 0 Å². The molecule has 0 aliphatic heterocycles. The Morgan fingerprint density at radius 3 is 2.53 bits per heavy atom. The van der Waals surface area contributed by atoms with Crippen LogP contribution in [0.2, 0.25) is 5.02 Å². The maximum Gasteiger partial charge on any atom is 0.146 e. The summed E-state index contributed by atoms with van der Waals surface area (Å²) >= 11 is 13.0. The minimum Gasteiger partial charge on any atom is -0.456 e. The van der Waals surface area contributed by atoms with E-state index < -0.39 is 0 Å². The van der Waals surface area contributed by atoms with Crippen LogP contribution in [0.15, 0.2) is 45.3 Å². The summed E-state index contributed by atoms with van der Waals surface area (Å²) in [5.74, 6) is 1.36. The summed E-state index contributed by atoms with van der Waals surface area (Å²) in [4.78, 5) is 0. The molecule has 0 aliphatic rings. The quantitative estimate of drug-likeness (QED) is 0.763. The maximum atomic E-state index is 6.12. The van der Waals surface area contributed by atoms with E-state index in [2.05, 4.69) is 31.9 Å². The number of hydrogen-bond donors (Lipinski definition) is 1. The summed E-state index contributed by atoms with van der Waals surface area (Å²) in [5, 5.41) is 0.566. The zero-order chi connectivity index (χ0) is 13.8. The standard InChI is InChI=1S/C14H12Br2ClNO/c15-10-2-4-14(13(17)7-10)19-11-3-1-9(5-6-18)12(16)8-11/h1-4,7-8H,5-6,18H2. The lowest BCUT2D eigenvalue weighted by Gasteiger charge is -2.10. The molecule has 0 spiro atoms. The largest absolute Gasteiger partial charge is 0.456 e. The van der Waals surface area contributed by atoms with Gasteiger partial charge in [-0.05, 0) is 48.9 Å². The summed E-state index contributed by atoms with van der Waals surface area (Å²) in [6, 6.07) is 11.3. The first-order valence-corrected chi connectivity index (χ1v) is 7.68. The Morgan fingerprint density at radius 1 is 1.11 bits per heavy atom. The molecule has 2 N–H and O–H groups in total. The van der Waals surface area contributed by atoms with Gasteiger partial charge in [0, 0.05) is 8.95 Å². The second-order valence-corrected chi connectivity index (χ2v) is 6.15. The zero-order valence-corrected chi connectivity index (χ0v) is 13.9. The van der Waals surface area contributed by atoms with E-state index in [-0.39, 0.29) is 0 Å². The van der Waals surface area contributed by atoms with Crippen molar-refractivity contribution in [3.8, 4) is 11.5 Å². The van der Waals surface area contributed by atoms with E-state index in [1.807, 2.05) is 30.3 Å². The predicted molar refractivity (Wildman–Crippen MR) is 86.1 cm³/mol. The molecule has 0 saturated carbocycles. The number of hydrogen-bond acceptors (Lipinski definition) is 2. The lowest BCUT2D eigenvalue weighted by atomic mass is 10.1. The summed E-state index contributed by atoms with van der Waals surface area (Å²) in [7, 11) is 0. The smallest absolute Gasteiger partial charge is 0.146 e. The van der Waals surface area contributed by atoms with Gasteiger partial charge in [0.15, 0.2) is 0 Å². The highest BCUT2D eigenvalue weighted by Gasteiger charge is 2.06. The fourth-order valence-electron chi connectivity index (χ4n) is 1.63. The molecule has 5 heteroatoms. The topological polar surface area (TPSA) is 35.2 Å². The zero-order valence-electron chi connectivity index (χ0n) is 10.00. The highest BCUT2D eigenvalue weighted by atomic mass is 79.9. The molecule has 2 rings (SSSR count). The van der Waals surface area contributed by atoms with Gasteiger partial charge in [-0.2, -0.15) is 0 Å². The Morgan fingerprint density at radius 2 is 1.89 bits per heavy atom. The summed E-state index contributed by atoms with van der Waals surface area (Å²) in [6.07, 6.45) is 0.833. The van der Waals surface area contributed by atoms with E-state index in [4.69, 9.17) is 22.1 Å². The second-order valence-electron chi connectivity index (χ2n) is 3.97. The predicted octanol–water partition coefficient (Wildman–Crippen LogP) is 5.16. The normalized spacial score (nSPS) is 10.5. The Hall–Kier alpha value is -0.550. The number of nitrogens with two attached hydrogens (primary N) is 1. The van der Waals surface area contributed by atoms with Crippen molar-refractivity contribution in [1.29, 1.82) is 0 Å². The maximum absolute atomic E-state index is 6.12. The molecule has 100 valence electrons. The summed E-state index contributed by atoms with van der Waals surface area (Å²) < 4.78 is 7.67. The highest BCUT2D eigenvalue weighted by molar-refractivity contribution is 9.10. The fourth-order valence-corrected chi connectivity index (χ4v) is 2.90. The SMILES string of the molecule is NCCc1ccc(Oc2ccc(Br)cc2Cl)cc1Br. The van der Waals surface area contributed by atoms with Crippen LogP contribution in [0, 0.1) is 0 Å². The molecular weight excluding hydrogens is 393 g/mol. The number of halogens is 3. The molecule has 0 fully saturated rings. The molecule has 2 aromatic rings. The van der Waals surface area contributed by atoms with Crippen LogP contribution in [-0.2, 0) is 6.42 Å². The van der Waals surface area contributed by atoms with Crippen LogP contribution in [0.4, 0.5) is 0 Å². The second kappa shape index (κ2) is 6.75. The Bertz CT molecular complexity index is 590. The van der Waals surface area contributed by atoms with E-state index in [9.17, 15) is 0 Å². The third-order valence-electron chi connectivity index (χ3n) is 2.56. The first-order chi connectivity index (χ1) is 9.10. The van der Waals surface area contributed by atoms with Crippen LogP contribution in [0.1, 0.15) is 5.56 Å². The van der Waals surface area contributed by atoms with Crippen LogP contribution in [0.25, 0.3) is 0 Å². The lowest BCUT2D eigenvalue weighted by molar-refractivity contribution is 0.482.